The van der Waals surface area contributed by atoms with Crippen molar-refractivity contribution in [2.24, 2.45) is 0 Å². The van der Waals surface area contributed by atoms with Gasteiger partial charge in [0.2, 0.25) is 0 Å². The normalized spacial score (nSPS) is 14.3. The molecule has 0 saturated carbocycles. The number of rotatable bonds is 9. The van der Waals surface area contributed by atoms with E-state index in [1.165, 1.54) is 0 Å². The van der Waals surface area contributed by atoms with Crippen molar-refractivity contribution in [3.8, 4) is 11.5 Å². The van der Waals surface area contributed by atoms with Gasteiger partial charge in [0.1, 0.15) is 6.61 Å². The number of Topliss-reactive ketones (excluding diaryl/α,β-unsaturated/α-hetero) is 1. The SMILES string of the molecule is CCOc1cc(/C=C2/SC(=O)N(CC(=O)c3ccc(Br)cc3)C2=O)cc(Br)c1OCc1cccc2ccccc12. The van der Waals surface area contributed by atoms with E-state index in [0.29, 0.717) is 40.3 Å². The summed E-state index contributed by atoms with van der Waals surface area (Å²) < 4.78 is 13.6. The first-order chi connectivity index (χ1) is 19.3. The molecule has 0 radical (unpaired) electrons. The number of hydrogen-bond donors (Lipinski definition) is 0. The van der Waals surface area contributed by atoms with E-state index < -0.39 is 11.1 Å². The van der Waals surface area contributed by atoms with Crippen molar-refractivity contribution in [1.82, 2.24) is 4.90 Å². The van der Waals surface area contributed by atoms with Crippen LogP contribution in [-0.2, 0) is 11.4 Å². The van der Waals surface area contributed by atoms with E-state index in [-0.39, 0.29) is 17.2 Å². The molecule has 40 heavy (non-hydrogen) atoms. The van der Waals surface area contributed by atoms with Crippen molar-refractivity contribution in [2.45, 2.75) is 13.5 Å². The minimum atomic E-state index is -0.508. The van der Waals surface area contributed by atoms with Crippen molar-refractivity contribution in [3.05, 3.63) is 109 Å². The summed E-state index contributed by atoms with van der Waals surface area (Å²) in [5.74, 6) is 0.226. The summed E-state index contributed by atoms with van der Waals surface area (Å²) in [5, 5.41) is 1.77. The Morgan fingerprint density at radius 1 is 0.950 bits per heavy atom. The smallest absolute Gasteiger partial charge is 0.293 e. The second kappa shape index (κ2) is 12.4. The molecule has 0 unspecified atom stereocenters. The topological polar surface area (TPSA) is 72.9 Å². The Kier molecular flexibility index (Phi) is 8.73. The van der Waals surface area contributed by atoms with Crippen molar-refractivity contribution < 1.29 is 23.9 Å². The maximum Gasteiger partial charge on any atom is 0.293 e. The fourth-order valence-corrected chi connectivity index (χ4v) is 5.98. The molecule has 0 spiro atoms. The number of thioether (sulfide) groups is 1. The van der Waals surface area contributed by atoms with Gasteiger partial charge in [-0.1, -0.05) is 70.5 Å². The molecule has 0 N–H and O–H groups in total. The van der Waals surface area contributed by atoms with Gasteiger partial charge < -0.3 is 9.47 Å². The Balaban J connectivity index is 1.35. The molecule has 6 nitrogen and oxygen atoms in total. The number of benzene rings is 4. The third-order valence-electron chi connectivity index (χ3n) is 6.22. The molecule has 1 saturated heterocycles. The van der Waals surface area contributed by atoms with Gasteiger partial charge >= 0.3 is 0 Å². The van der Waals surface area contributed by atoms with Crippen LogP contribution in [0, 0.1) is 0 Å². The standard InChI is InChI=1S/C31H23Br2NO5S/c1-2-38-27-15-19(14-25(33)29(27)39-18-22-8-5-7-20-6-3-4-9-24(20)22)16-28-30(36)34(31(37)40-28)17-26(35)21-10-12-23(32)13-11-21/h3-16H,2,17-18H2,1H3/b28-16+. The second-order valence-corrected chi connectivity index (χ2v) is 11.7. The number of imide groups is 1. The predicted octanol–water partition coefficient (Wildman–Crippen LogP) is 8.26. The van der Waals surface area contributed by atoms with Crippen LogP contribution in [0.25, 0.3) is 16.8 Å². The van der Waals surface area contributed by atoms with Gasteiger partial charge in [0, 0.05) is 10.0 Å². The minimum Gasteiger partial charge on any atom is -0.490 e. The number of fused-ring (bicyclic) bond motifs is 1. The van der Waals surface area contributed by atoms with Gasteiger partial charge in [0.15, 0.2) is 17.3 Å². The molecule has 202 valence electrons. The fourth-order valence-electron chi connectivity index (χ4n) is 4.30. The van der Waals surface area contributed by atoms with E-state index in [2.05, 4.69) is 50.1 Å². The van der Waals surface area contributed by atoms with Crippen LogP contribution in [0.4, 0.5) is 4.79 Å². The average molecular weight is 681 g/mol. The van der Waals surface area contributed by atoms with Gasteiger partial charge in [0.05, 0.1) is 22.5 Å². The molecule has 9 heteroatoms. The fraction of sp³-hybridized carbons (Fsp3) is 0.129. The van der Waals surface area contributed by atoms with Crippen LogP contribution in [0.2, 0.25) is 0 Å². The van der Waals surface area contributed by atoms with Crippen LogP contribution in [0.3, 0.4) is 0 Å². The number of carbonyl (C=O) groups is 3. The minimum absolute atomic E-state index is 0.229. The van der Waals surface area contributed by atoms with E-state index in [4.69, 9.17) is 9.47 Å². The Labute approximate surface area is 252 Å². The summed E-state index contributed by atoms with van der Waals surface area (Å²) in [7, 11) is 0. The first-order valence-electron chi connectivity index (χ1n) is 12.4. The van der Waals surface area contributed by atoms with Gasteiger partial charge in [0.25, 0.3) is 11.1 Å². The van der Waals surface area contributed by atoms with Gasteiger partial charge in [-0.3, -0.25) is 19.3 Å². The lowest BCUT2D eigenvalue weighted by Gasteiger charge is -2.16. The van der Waals surface area contributed by atoms with E-state index in [1.54, 1.807) is 36.4 Å². The Bertz CT molecular complexity index is 1650. The summed E-state index contributed by atoms with van der Waals surface area (Å²) in [5.41, 5.74) is 2.12. The van der Waals surface area contributed by atoms with Crippen LogP contribution in [0.5, 0.6) is 11.5 Å². The highest BCUT2D eigenvalue weighted by Gasteiger charge is 2.36. The number of nitrogens with zero attached hydrogens (tertiary/aromatic N) is 1. The average Bonchev–Trinajstić information content (AvgIpc) is 3.20. The van der Waals surface area contributed by atoms with Crippen molar-refractivity contribution in [1.29, 1.82) is 0 Å². The Hall–Kier alpha value is -3.40. The molecular formula is C31H23Br2NO5S. The molecule has 0 aliphatic carbocycles. The molecule has 0 bridgehead atoms. The third kappa shape index (κ3) is 6.16. The first kappa shape index (κ1) is 28.1. The van der Waals surface area contributed by atoms with Crippen molar-refractivity contribution in [3.63, 3.8) is 0 Å². The summed E-state index contributed by atoms with van der Waals surface area (Å²) in [4.78, 5) is 39.6. The first-order valence-corrected chi connectivity index (χ1v) is 14.8. The zero-order chi connectivity index (χ0) is 28.2. The molecular weight excluding hydrogens is 658 g/mol. The van der Waals surface area contributed by atoms with Crippen LogP contribution < -0.4 is 9.47 Å². The molecule has 2 amide bonds. The van der Waals surface area contributed by atoms with Crippen molar-refractivity contribution >= 4 is 77.4 Å². The van der Waals surface area contributed by atoms with E-state index in [0.717, 1.165) is 37.5 Å². The summed E-state index contributed by atoms with van der Waals surface area (Å²) in [6.45, 7) is 2.31. The van der Waals surface area contributed by atoms with Crippen LogP contribution in [0.1, 0.15) is 28.4 Å². The molecule has 1 heterocycles. The van der Waals surface area contributed by atoms with Gasteiger partial charge in [-0.05, 0) is 86.9 Å². The zero-order valence-corrected chi connectivity index (χ0v) is 25.3. The lowest BCUT2D eigenvalue weighted by atomic mass is 10.1. The quantitative estimate of drug-likeness (QED) is 0.131. The monoisotopic (exact) mass is 679 g/mol. The number of ether oxygens (including phenoxy) is 2. The molecule has 0 atom stereocenters. The van der Waals surface area contributed by atoms with Crippen LogP contribution in [-0.4, -0.2) is 35.0 Å². The molecule has 1 aliphatic heterocycles. The van der Waals surface area contributed by atoms with Gasteiger partial charge in [-0.15, -0.1) is 0 Å². The predicted molar refractivity (Wildman–Crippen MR) is 165 cm³/mol. The van der Waals surface area contributed by atoms with E-state index in [1.807, 2.05) is 37.3 Å². The van der Waals surface area contributed by atoms with Gasteiger partial charge in [-0.2, -0.15) is 0 Å². The van der Waals surface area contributed by atoms with E-state index >= 15 is 0 Å². The highest BCUT2D eigenvalue weighted by atomic mass is 79.9. The Morgan fingerprint density at radius 2 is 1.70 bits per heavy atom. The third-order valence-corrected chi connectivity index (χ3v) is 8.25. The maximum absolute atomic E-state index is 13.1. The lowest BCUT2D eigenvalue weighted by molar-refractivity contribution is -0.122. The number of halogens is 2. The number of hydrogen-bond acceptors (Lipinski definition) is 6. The Morgan fingerprint density at radius 3 is 2.48 bits per heavy atom. The van der Waals surface area contributed by atoms with Gasteiger partial charge in [-0.25, -0.2) is 0 Å². The summed E-state index contributed by atoms with van der Waals surface area (Å²) in [6.07, 6.45) is 1.62. The molecule has 1 aliphatic rings. The summed E-state index contributed by atoms with van der Waals surface area (Å²) in [6, 6.07) is 24.6. The maximum atomic E-state index is 13.1. The highest BCUT2D eigenvalue weighted by molar-refractivity contribution is 9.10. The van der Waals surface area contributed by atoms with Crippen LogP contribution in [0.15, 0.2) is 92.7 Å². The van der Waals surface area contributed by atoms with Crippen LogP contribution >= 0.6 is 43.6 Å². The summed E-state index contributed by atoms with van der Waals surface area (Å²) >= 11 is 7.73. The number of ketones is 1. The molecule has 1 fully saturated rings. The number of amides is 2. The molecule has 5 rings (SSSR count). The second-order valence-electron chi connectivity index (χ2n) is 8.89. The lowest BCUT2D eigenvalue weighted by Crippen LogP contribution is -2.33. The van der Waals surface area contributed by atoms with E-state index in [9.17, 15) is 14.4 Å². The molecule has 4 aromatic carbocycles. The number of carbonyl (C=O) groups excluding carboxylic acids is 3. The largest absolute Gasteiger partial charge is 0.490 e. The highest BCUT2D eigenvalue weighted by Crippen LogP contribution is 2.40. The molecule has 4 aromatic rings. The molecule has 0 aromatic heterocycles. The zero-order valence-electron chi connectivity index (χ0n) is 21.4. The van der Waals surface area contributed by atoms with Crippen molar-refractivity contribution in [2.75, 3.05) is 13.2 Å².